The van der Waals surface area contributed by atoms with Crippen LogP contribution >= 0.6 is 0 Å². The molecule has 3 rings (SSSR count). The predicted octanol–water partition coefficient (Wildman–Crippen LogP) is 2.87. The predicted molar refractivity (Wildman–Crippen MR) is 98.5 cm³/mol. The molecule has 1 fully saturated rings. The Morgan fingerprint density at radius 3 is 2.62 bits per heavy atom. The Kier molecular flexibility index (Phi) is 6.15. The van der Waals surface area contributed by atoms with E-state index in [1.807, 2.05) is 6.07 Å². The lowest BCUT2D eigenvalue weighted by molar-refractivity contribution is -0.137. The number of hydrogen-bond acceptors (Lipinski definition) is 8. The highest BCUT2D eigenvalue weighted by atomic mass is 19.4. The summed E-state index contributed by atoms with van der Waals surface area (Å²) in [5, 5.41) is 23.3. The standard InChI is InChI=1S/C17H15BF3N7O/c19-17(20,21)13-8-27-15(28-16-9-24-11(5-22)6-26-16)3-14(13)25-7-12-4-18(10-23)1-2-29-12/h3,6,8-9,12H,1-2,4,7H2,(H2,25,26,27,28). The molecule has 8 nitrogen and oxygen atoms in total. The third-order valence-electron chi connectivity index (χ3n) is 4.30. The highest BCUT2D eigenvalue weighted by Gasteiger charge is 2.35. The SMILES string of the molecule is N#CB1CCOC(CNc2cc(Nc3cnc(C#N)cn3)ncc2C(F)(F)F)C1. The summed E-state index contributed by atoms with van der Waals surface area (Å²) in [6.45, 7) is 0.362. The molecule has 0 amide bonds. The number of pyridine rings is 1. The van der Waals surface area contributed by atoms with E-state index in [0.717, 1.165) is 6.20 Å². The average Bonchev–Trinajstić information content (AvgIpc) is 2.72. The number of aromatic nitrogens is 3. The van der Waals surface area contributed by atoms with Crippen molar-refractivity contribution in [2.75, 3.05) is 23.8 Å². The summed E-state index contributed by atoms with van der Waals surface area (Å²) in [6, 6.07) is 3.04. The zero-order valence-electron chi connectivity index (χ0n) is 15.1. The molecule has 0 saturated carbocycles. The fourth-order valence-electron chi connectivity index (χ4n) is 2.84. The van der Waals surface area contributed by atoms with E-state index >= 15 is 0 Å². The van der Waals surface area contributed by atoms with Crippen LogP contribution in [0, 0.1) is 22.6 Å². The maximum Gasteiger partial charge on any atom is 0.419 e. The molecule has 3 heterocycles. The Morgan fingerprint density at radius 2 is 1.97 bits per heavy atom. The van der Waals surface area contributed by atoms with Gasteiger partial charge in [0.05, 0.1) is 29.7 Å². The van der Waals surface area contributed by atoms with Gasteiger partial charge in [0.2, 0.25) is 0 Å². The van der Waals surface area contributed by atoms with E-state index in [1.165, 1.54) is 18.5 Å². The van der Waals surface area contributed by atoms with Gasteiger partial charge in [-0.15, -0.1) is 0 Å². The molecule has 2 aromatic heterocycles. The van der Waals surface area contributed by atoms with Gasteiger partial charge in [0, 0.05) is 31.4 Å². The highest BCUT2D eigenvalue weighted by molar-refractivity contribution is 6.67. The van der Waals surface area contributed by atoms with E-state index in [0.29, 0.717) is 19.2 Å². The van der Waals surface area contributed by atoms with Crippen molar-refractivity contribution in [1.82, 2.24) is 15.0 Å². The van der Waals surface area contributed by atoms with Crippen molar-refractivity contribution < 1.29 is 17.9 Å². The van der Waals surface area contributed by atoms with E-state index in [9.17, 15) is 13.2 Å². The molecule has 0 spiro atoms. The summed E-state index contributed by atoms with van der Waals surface area (Å²) in [7, 11) is 0. The largest absolute Gasteiger partial charge is 0.419 e. The van der Waals surface area contributed by atoms with Gasteiger partial charge >= 0.3 is 6.18 Å². The van der Waals surface area contributed by atoms with Crippen molar-refractivity contribution in [1.29, 1.82) is 10.5 Å². The van der Waals surface area contributed by atoms with Crippen molar-refractivity contribution in [2.45, 2.75) is 24.9 Å². The fraction of sp³-hybridized carbons (Fsp3) is 0.353. The van der Waals surface area contributed by atoms with Crippen LogP contribution in [0.5, 0.6) is 0 Å². The molecule has 12 heteroatoms. The van der Waals surface area contributed by atoms with Crippen LogP contribution < -0.4 is 10.6 Å². The van der Waals surface area contributed by atoms with Crippen LogP contribution in [0.1, 0.15) is 11.3 Å². The van der Waals surface area contributed by atoms with Crippen LogP contribution in [-0.2, 0) is 10.9 Å². The quantitative estimate of drug-likeness (QED) is 0.734. The minimum absolute atomic E-state index is 0.112. The maximum atomic E-state index is 13.3. The van der Waals surface area contributed by atoms with Crippen molar-refractivity contribution >= 4 is 24.0 Å². The van der Waals surface area contributed by atoms with E-state index in [4.69, 9.17) is 15.3 Å². The van der Waals surface area contributed by atoms with Crippen LogP contribution in [0.15, 0.2) is 24.7 Å². The maximum absolute atomic E-state index is 13.3. The number of anilines is 3. The van der Waals surface area contributed by atoms with Gasteiger partial charge in [0.15, 0.2) is 5.69 Å². The Labute approximate surface area is 164 Å². The average molecular weight is 401 g/mol. The molecule has 0 bridgehead atoms. The minimum Gasteiger partial charge on any atom is -0.382 e. The van der Waals surface area contributed by atoms with Gasteiger partial charge in [-0.3, -0.25) is 0 Å². The third-order valence-corrected chi connectivity index (χ3v) is 4.30. The smallest absolute Gasteiger partial charge is 0.382 e. The summed E-state index contributed by atoms with van der Waals surface area (Å²) in [6.07, 6.45) is -0.631. The van der Waals surface area contributed by atoms with Crippen molar-refractivity contribution in [3.05, 3.63) is 35.9 Å². The number of halogens is 3. The summed E-state index contributed by atoms with van der Waals surface area (Å²) < 4.78 is 45.6. The molecular weight excluding hydrogens is 386 g/mol. The second-order valence-electron chi connectivity index (χ2n) is 6.36. The second kappa shape index (κ2) is 8.75. The topological polar surface area (TPSA) is 120 Å². The molecule has 1 aliphatic heterocycles. The van der Waals surface area contributed by atoms with Crippen LogP contribution in [-0.4, -0.2) is 40.9 Å². The Morgan fingerprint density at radius 1 is 1.17 bits per heavy atom. The van der Waals surface area contributed by atoms with Crippen molar-refractivity contribution in [2.24, 2.45) is 0 Å². The lowest BCUT2D eigenvalue weighted by atomic mass is 9.45. The lowest BCUT2D eigenvalue weighted by Crippen LogP contribution is -2.34. The summed E-state index contributed by atoms with van der Waals surface area (Å²) in [5.41, 5.74) is -0.970. The van der Waals surface area contributed by atoms with Gasteiger partial charge in [0.1, 0.15) is 17.7 Å². The number of nitrogens with one attached hydrogen (secondary N) is 2. The number of nitriles is 2. The minimum atomic E-state index is -4.59. The normalized spacial score (nSPS) is 16.6. The van der Waals surface area contributed by atoms with Crippen molar-refractivity contribution in [3.8, 4) is 12.0 Å². The molecule has 1 atom stereocenters. The molecule has 1 aliphatic rings. The van der Waals surface area contributed by atoms with E-state index < -0.39 is 11.7 Å². The van der Waals surface area contributed by atoms with Crippen LogP contribution in [0.3, 0.4) is 0 Å². The van der Waals surface area contributed by atoms with E-state index in [2.05, 4.69) is 31.6 Å². The van der Waals surface area contributed by atoms with Gasteiger partial charge in [0.25, 0.3) is 6.71 Å². The molecule has 1 saturated heterocycles. The van der Waals surface area contributed by atoms with Gasteiger partial charge in [-0.1, -0.05) is 0 Å². The molecule has 0 radical (unpaired) electrons. The Balaban J connectivity index is 1.76. The number of hydrogen-bond donors (Lipinski definition) is 2. The second-order valence-corrected chi connectivity index (χ2v) is 6.36. The van der Waals surface area contributed by atoms with Gasteiger partial charge in [-0.05, 0) is 12.6 Å². The monoisotopic (exact) mass is 401 g/mol. The van der Waals surface area contributed by atoms with E-state index in [-0.39, 0.29) is 42.4 Å². The van der Waals surface area contributed by atoms with Crippen LogP contribution in [0.4, 0.5) is 30.5 Å². The lowest BCUT2D eigenvalue weighted by Gasteiger charge is -2.25. The molecular formula is C17H15BF3N7O. The first-order chi connectivity index (χ1) is 13.9. The first-order valence-corrected chi connectivity index (χ1v) is 8.70. The number of alkyl halides is 3. The molecule has 1 unspecified atom stereocenters. The van der Waals surface area contributed by atoms with Crippen LogP contribution in [0.25, 0.3) is 0 Å². The number of nitrogens with zero attached hydrogens (tertiary/aromatic N) is 5. The Hall–Kier alpha value is -3.38. The van der Waals surface area contributed by atoms with Crippen molar-refractivity contribution in [3.63, 3.8) is 0 Å². The number of rotatable bonds is 5. The van der Waals surface area contributed by atoms with Gasteiger partial charge in [-0.2, -0.15) is 18.4 Å². The zero-order chi connectivity index (χ0) is 20.9. The van der Waals surface area contributed by atoms with Gasteiger partial charge < -0.3 is 15.4 Å². The van der Waals surface area contributed by atoms with Gasteiger partial charge in [-0.25, -0.2) is 20.2 Å². The third kappa shape index (κ3) is 5.33. The molecule has 0 aromatic carbocycles. The number of ether oxygens (including phenoxy) is 1. The summed E-state index contributed by atoms with van der Waals surface area (Å²) in [4.78, 5) is 11.6. The highest BCUT2D eigenvalue weighted by Crippen LogP contribution is 2.35. The zero-order valence-corrected chi connectivity index (χ0v) is 15.1. The fourth-order valence-corrected chi connectivity index (χ4v) is 2.84. The van der Waals surface area contributed by atoms with Crippen LogP contribution in [0.2, 0.25) is 12.6 Å². The molecule has 29 heavy (non-hydrogen) atoms. The molecule has 0 aliphatic carbocycles. The molecule has 2 aromatic rings. The molecule has 2 N–H and O–H groups in total. The first-order valence-electron chi connectivity index (χ1n) is 8.70. The Bertz CT molecular complexity index is 940. The summed E-state index contributed by atoms with van der Waals surface area (Å²) >= 11 is 0. The summed E-state index contributed by atoms with van der Waals surface area (Å²) in [5.74, 6) is 2.53. The van der Waals surface area contributed by atoms with E-state index in [1.54, 1.807) is 0 Å². The molecule has 148 valence electrons. The first kappa shape index (κ1) is 20.4.